The fourth-order valence-corrected chi connectivity index (χ4v) is 4.76. The smallest absolute Gasteiger partial charge is 0.341 e. The molecule has 0 aromatic carbocycles. The van der Waals surface area contributed by atoms with Gasteiger partial charge in [0.2, 0.25) is 5.91 Å². The van der Waals surface area contributed by atoms with Crippen molar-refractivity contribution in [1.82, 2.24) is 0 Å². The highest BCUT2D eigenvalue weighted by molar-refractivity contribution is 7.17. The average molecular weight is 375 g/mol. The molecule has 1 aliphatic carbocycles. The van der Waals surface area contributed by atoms with E-state index in [2.05, 4.69) is 12.2 Å². The van der Waals surface area contributed by atoms with Gasteiger partial charge in [-0.2, -0.15) is 0 Å². The number of aryl methyl sites for hydroxylation is 1. The lowest BCUT2D eigenvalue weighted by Crippen LogP contribution is -2.17. The summed E-state index contributed by atoms with van der Waals surface area (Å²) < 4.78 is 10.5. The van der Waals surface area contributed by atoms with E-state index in [9.17, 15) is 9.59 Å². The largest absolute Gasteiger partial charge is 0.469 e. The molecule has 1 atom stereocenters. The van der Waals surface area contributed by atoms with Gasteiger partial charge in [-0.25, -0.2) is 4.79 Å². The number of rotatable bonds is 7. The van der Waals surface area contributed by atoms with Crippen LogP contribution < -0.4 is 5.32 Å². The predicted molar refractivity (Wildman–Crippen MR) is 102 cm³/mol. The highest BCUT2D eigenvalue weighted by Crippen LogP contribution is 2.40. The molecule has 2 aromatic heterocycles. The highest BCUT2D eigenvalue weighted by Gasteiger charge is 2.29. The van der Waals surface area contributed by atoms with Gasteiger partial charge in [0.15, 0.2) is 0 Å². The Morgan fingerprint density at radius 2 is 2.23 bits per heavy atom. The summed E-state index contributed by atoms with van der Waals surface area (Å²) in [5.74, 6) is 0.986. The van der Waals surface area contributed by atoms with Gasteiger partial charge in [-0.1, -0.05) is 13.3 Å². The molecule has 2 heterocycles. The lowest BCUT2D eigenvalue weighted by molar-refractivity contribution is -0.116. The average Bonchev–Trinajstić information content (AvgIpc) is 3.26. The standard InChI is InChI=1S/C20H25NO4S/c1-3-13-7-9-15-16(12-13)26-19(18(15)20(23)24-4-2)21-17(22)10-8-14-6-5-11-25-14/h5-6,11,13H,3-4,7-10,12H2,1-2H3,(H,21,22). The molecule has 5 nitrogen and oxygen atoms in total. The van der Waals surface area contributed by atoms with Crippen molar-refractivity contribution in [1.29, 1.82) is 0 Å². The van der Waals surface area contributed by atoms with E-state index in [4.69, 9.17) is 9.15 Å². The number of fused-ring (bicyclic) bond motifs is 1. The zero-order valence-electron chi connectivity index (χ0n) is 15.3. The van der Waals surface area contributed by atoms with E-state index in [0.717, 1.165) is 37.0 Å². The number of amides is 1. The van der Waals surface area contributed by atoms with Gasteiger partial charge in [-0.3, -0.25) is 4.79 Å². The quantitative estimate of drug-likeness (QED) is 0.718. The van der Waals surface area contributed by atoms with E-state index in [-0.39, 0.29) is 11.9 Å². The van der Waals surface area contributed by atoms with Crippen molar-refractivity contribution in [2.24, 2.45) is 5.92 Å². The number of anilines is 1. The third kappa shape index (κ3) is 4.18. The number of esters is 1. The predicted octanol–water partition coefficient (Wildman–Crippen LogP) is 4.60. The Balaban J connectivity index is 1.77. The van der Waals surface area contributed by atoms with Crippen LogP contribution in [0.4, 0.5) is 5.00 Å². The van der Waals surface area contributed by atoms with Crippen molar-refractivity contribution in [2.75, 3.05) is 11.9 Å². The summed E-state index contributed by atoms with van der Waals surface area (Å²) in [7, 11) is 0. The second-order valence-corrected chi connectivity index (χ2v) is 7.68. The van der Waals surface area contributed by atoms with Gasteiger partial charge >= 0.3 is 5.97 Å². The second-order valence-electron chi connectivity index (χ2n) is 6.57. The van der Waals surface area contributed by atoms with Crippen molar-refractivity contribution in [3.05, 3.63) is 40.2 Å². The van der Waals surface area contributed by atoms with Crippen LogP contribution in [-0.4, -0.2) is 18.5 Å². The Morgan fingerprint density at radius 3 is 2.92 bits per heavy atom. The molecule has 0 spiro atoms. The van der Waals surface area contributed by atoms with Crippen molar-refractivity contribution in [3.8, 4) is 0 Å². The molecule has 0 bridgehead atoms. The van der Waals surface area contributed by atoms with Crippen molar-refractivity contribution in [3.63, 3.8) is 0 Å². The molecule has 0 saturated carbocycles. The van der Waals surface area contributed by atoms with Crippen LogP contribution >= 0.6 is 11.3 Å². The maximum atomic E-state index is 12.5. The molecule has 140 valence electrons. The summed E-state index contributed by atoms with van der Waals surface area (Å²) in [6, 6.07) is 3.66. The maximum Gasteiger partial charge on any atom is 0.341 e. The van der Waals surface area contributed by atoms with Gasteiger partial charge in [0.1, 0.15) is 10.8 Å². The number of carbonyl (C=O) groups excluding carboxylic acids is 2. The Hall–Kier alpha value is -2.08. The van der Waals surface area contributed by atoms with Crippen LogP contribution in [0.1, 0.15) is 59.7 Å². The van der Waals surface area contributed by atoms with Crippen LogP contribution in [-0.2, 0) is 28.8 Å². The van der Waals surface area contributed by atoms with Gasteiger partial charge in [0.25, 0.3) is 0 Å². The summed E-state index contributed by atoms with van der Waals surface area (Å²) in [5, 5.41) is 3.57. The van der Waals surface area contributed by atoms with Crippen molar-refractivity contribution >= 4 is 28.2 Å². The molecule has 26 heavy (non-hydrogen) atoms. The number of hydrogen-bond acceptors (Lipinski definition) is 5. The summed E-state index contributed by atoms with van der Waals surface area (Å²) in [4.78, 5) is 26.1. The van der Waals surface area contributed by atoms with Gasteiger partial charge < -0.3 is 14.5 Å². The minimum Gasteiger partial charge on any atom is -0.469 e. The first-order valence-corrected chi connectivity index (χ1v) is 10.1. The van der Waals surface area contributed by atoms with Crippen LogP contribution in [0.25, 0.3) is 0 Å². The number of ether oxygens (including phenoxy) is 1. The molecule has 1 aliphatic rings. The van der Waals surface area contributed by atoms with E-state index in [0.29, 0.717) is 35.9 Å². The molecule has 0 saturated heterocycles. The Kier molecular flexibility index (Phi) is 6.14. The maximum absolute atomic E-state index is 12.5. The topological polar surface area (TPSA) is 68.5 Å². The summed E-state index contributed by atoms with van der Waals surface area (Å²) in [5.41, 5.74) is 1.63. The molecule has 1 amide bonds. The number of thiophene rings is 1. The number of carbonyl (C=O) groups is 2. The van der Waals surface area contributed by atoms with E-state index in [1.165, 1.54) is 16.2 Å². The highest BCUT2D eigenvalue weighted by atomic mass is 32.1. The molecular weight excluding hydrogens is 350 g/mol. The van der Waals surface area contributed by atoms with Crippen molar-refractivity contribution in [2.45, 2.75) is 52.4 Å². The third-order valence-electron chi connectivity index (χ3n) is 4.86. The zero-order valence-corrected chi connectivity index (χ0v) is 16.1. The summed E-state index contributed by atoms with van der Waals surface area (Å²) in [6.45, 7) is 4.32. The molecule has 0 radical (unpaired) electrons. The molecule has 0 aliphatic heterocycles. The molecule has 1 N–H and O–H groups in total. The van der Waals surface area contributed by atoms with Gasteiger partial charge in [-0.05, 0) is 49.8 Å². The lowest BCUT2D eigenvalue weighted by atomic mass is 9.85. The van der Waals surface area contributed by atoms with E-state index in [1.54, 1.807) is 13.2 Å². The molecular formula is C20H25NO4S. The number of nitrogens with one attached hydrogen (secondary N) is 1. The zero-order chi connectivity index (χ0) is 18.5. The first-order valence-electron chi connectivity index (χ1n) is 9.26. The third-order valence-corrected chi connectivity index (χ3v) is 6.03. The van der Waals surface area contributed by atoms with Crippen LogP contribution in [0.15, 0.2) is 22.8 Å². The Morgan fingerprint density at radius 1 is 1.38 bits per heavy atom. The lowest BCUT2D eigenvalue weighted by Gasteiger charge is -2.20. The number of hydrogen-bond donors (Lipinski definition) is 1. The van der Waals surface area contributed by atoms with Gasteiger partial charge in [-0.15, -0.1) is 11.3 Å². The summed E-state index contributed by atoms with van der Waals surface area (Å²) >= 11 is 1.53. The van der Waals surface area contributed by atoms with Crippen LogP contribution in [0.2, 0.25) is 0 Å². The van der Waals surface area contributed by atoms with Crippen LogP contribution in [0.3, 0.4) is 0 Å². The monoisotopic (exact) mass is 375 g/mol. The number of furan rings is 1. The molecule has 1 unspecified atom stereocenters. The Bertz CT molecular complexity index is 763. The fourth-order valence-electron chi connectivity index (χ4n) is 3.39. The molecule has 2 aromatic rings. The first kappa shape index (κ1) is 18.7. The fraction of sp³-hybridized carbons (Fsp3) is 0.500. The molecule has 0 fully saturated rings. The van der Waals surface area contributed by atoms with Crippen molar-refractivity contribution < 1.29 is 18.7 Å². The van der Waals surface area contributed by atoms with Crippen LogP contribution in [0.5, 0.6) is 0 Å². The minimum atomic E-state index is -0.332. The van der Waals surface area contributed by atoms with E-state index < -0.39 is 0 Å². The molecule has 3 rings (SSSR count). The van der Waals surface area contributed by atoms with E-state index >= 15 is 0 Å². The normalized spacial score (nSPS) is 16.2. The SMILES string of the molecule is CCOC(=O)c1c(NC(=O)CCc2ccco2)sc2c1CCC(CC)C2. The first-order chi connectivity index (χ1) is 12.6. The van der Waals surface area contributed by atoms with E-state index in [1.807, 2.05) is 12.1 Å². The van der Waals surface area contributed by atoms with Gasteiger partial charge in [0.05, 0.1) is 18.4 Å². The molecule has 6 heteroatoms. The second kappa shape index (κ2) is 8.54. The van der Waals surface area contributed by atoms with Gasteiger partial charge in [0, 0.05) is 17.7 Å². The Labute approximate surface area is 157 Å². The summed E-state index contributed by atoms with van der Waals surface area (Å²) in [6.07, 6.45) is 6.53. The minimum absolute atomic E-state index is 0.113. The van der Waals surface area contributed by atoms with Crippen LogP contribution in [0, 0.1) is 5.92 Å².